The zero-order valence-corrected chi connectivity index (χ0v) is 13.9. The normalized spacial score (nSPS) is 12.2. The van der Waals surface area contributed by atoms with Gasteiger partial charge in [-0.3, -0.25) is 9.59 Å². The fraction of sp³-hybridized carbons (Fsp3) is 0.368. The van der Waals surface area contributed by atoms with Crippen LogP contribution >= 0.6 is 0 Å². The molecule has 4 nitrogen and oxygen atoms in total. The molecule has 0 saturated heterocycles. The van der Waals surface area contributed by atoms with E-state index in [0.717, 1.165) is 10.8 Å². The Morgan fingerprint density at radius 2 is 1.70 bits per heavy atom. The minimum Gasteiger partial charge on any atom is -0.353 e. The van der Waals surface area contributed by atoms with Crippen molar-refractivity contribution in [2.45, 2.75) is 33.2 Å². The molecule has 0 aliphatic carbocycles. The van der Waals surface area contributed by atoms with Crippen LogP contribution in [-0.4, -0.2) is 24.4 Å². The van der Waals surface area contributed by atoms with Gasteiger partial charge in [0.15, 0.2) is 0 Å². The maximum Gasteiger partial charge on any atom is 0.251 e. The van der Waals surface area contributed by atoms with E-state index >= 15 is 0 Å². The van der Waals surface area contributed by atoms with E-state index in [0.29, 0.717) is 18.0 Å². The second-order valence-electron chi connectivity index (χ2n) is 6.17. The van der Waals surface area contributed by atoms with Crippen LogP contribution in [-0.2, 0) is 4.79 Å². The highest BCUT2D eigenvalue weighted by Gasteiger charge is 2.11. The highest BCUT2D eigenvalue weighted by atomic mass is 16.2. The van der Waals surface area contributed by atoms with Gasteiger partial charge < -0.3 is 10.6 Å². The Hall–Kier alpha value is -2.36. The summed E-state index contributed by atoms with van der Waals surface area (Å²) in [4.78, 5) is 23.9. The van der Waals surface area contributed by atoms with Crippen molar-refractivity contribution in [1.82, 2.24) is 10.6 Å². The smallest absolute Gasteiger partial charge is 0.251 e. The summed E-state index contributed by atoms with van der Waals surface area (Å²) < 4.78 is 0. The Bertz CT molecular complexity index is 695. The fourth-order valence-electron chi connectivity index (χ4n) is 2.21. The molecule has 0 aliphatic heterocycles. The molecule has 2 aromatic carbocycles. The molecule has 4 heteroatoms. The number of carbonyl (C=O) groups excluding carboxylic acids is 2. The largest absolute Gasteiger partial charge is 0.353 e. The van der Waals surface area contributed by atoms with Crippen LogP contribution in [0.5, 0.6) is 0 Å². The Morgan fingerprint density at radius 3 is 2.39 bits per heavy atom. The maximum absolute atomic E-state index is 12.2. The lowest BCUT2D eigenvalue weighted by atomic mass is 10.1. The highest BCUT2D eigenvalue weighted by Crippen LogP contribution is 2.15. The minimum absolute atomic E-state index is 0.0370. The molecule has 2 rings (SSSR count). The lowest BCUT2D eigenvalue weighted by molar-refractivity contribution is -0.121. The van der Waals surface area contributed by atoms with Gasteiger partial charge in [0.2, 0.25) is 5.91 Å². The Kier molecular flexibility index (Phi) is 5.74. The van der Waals surface area contributed by atoms with Crippen LogP contribution in [0.4, 0.5) is 0 Å². The van der Waals surface area contributed by atoms with Gasteiger partial charge in [-0.1, -0.05) is 44.2 Å². The van der Waals surface area contributed by atoms with Crippen LogP contribution in [0, 0.1) is 5.92 Å². The molecular weight excluding hydrogens is 288 g/mol. The number of nitrogens with one attached hydrogen (secondary N) is 2. The molecule has 0 spiro atoms. The van der Waals surface area contributed by atoms with Gasteiger partial charge in [-0.15, -0.1) is 0 Å². The molecule has 122 valence electrons. The molecule has 2 N–H and O–H groups in total. The zero-order valence-electron chi connectivity index (χ0n) is 13.9. The van der Waals surface area contributed by atoms with Crippen LogP contribution in [0.1, 0.15) is 37.6 Å². The first-order chi connectivity index (χ1) is 11.0. The quantitative estimate of drug-likeness (QED) is 0.861. The van der Waals surface area contributed by atoms with Gasteiger partial charge in [0.05, 0.1) is 0 Å². The summed E-state index contributed by atoms with van der Waals surface area (Å²) in [7, 11) is 0. The van der Waals surface area contributed by atoms with Crippen molar-refractivity contribution in [3.8, 4) is 0 Å². The fourth-order valence-corrected chi connectivity index (χ4v) is 2.21. The molecule has 2 aromatic rings. The van der Waals surface area contributed by atoms with Gasteiger partial charge in [0.1, 0.15) is 0 Å². The first kappa shape index (κ1) is 17.0. The summed E-state index contributed by atoms with van der Waals surface area (Å²) in [5.41, 5.74) is 0.611. The molecule has 0 aromatic heterocycles. The summed E-state index contributed by atoms with van der Waals surface area (Å²) >= 11 is 0. The van der Waals surface area contributed by atoms with Crippen LogP contribution in [0.15, 0.2) is 42.5 Å². The van der Waals surface area contributed by atoms with Gasteiger partial charge in [-0.05, 0) is 35.7 Å². The number of carbonyl (C=O) groups is 2. The molecule has 0 fully saturated rings. The molecular formula is C19H24N2O2. The summed E-state index contributed by atoms with van der Waals surface area (Å²) in [6.45, 7) is 6.44. The van der Waals surface area contributed by atoms with E-state index in [2.05, 4.69) is 24.5 Å². The summed E-state index contributed by atoms with van der Waals surface area (Å²) in [6.07, 6.45) is 0.288. The van der Waals surface area contributed by atoms with Crippen molar-refractivity contribution in [3.05, 3.63) is 48.0 Å². The van der Waals surface area contributed by atoms with Crippen molar-refractivity contribution in [2.24, 2.45) is 5.92 Å². The Morgan fingerprint density at radius 1 is 1.00 bits per heavy atom. The molecule has 2 amide bonds. The van der Waals surface area contributed by atoms with E-state index in [1.54, 1.807) is 6.07 Å². The number of rotatable bonds is 6. The van der Waals surface area contributed by atoms with E-state index < -0.39 is 0 Å². The predicted octanol–water partition coefficient (Wildman–Crippen LogP) is 3.12. The van der Waals surface area contributed by atoms with Crippen LogP contribution in [0.2, 0.25) is 0 Å². The molecule has 0 aliphatic rings. The molecule has 23 heavy (non-hydrogen) atoms. The topological polar surface area (TPSA) is 58.2 Å². The van der Waals surface area contributed by atoms with Crippen molar-refractivity contribution >= 4 is 22.6 Å². The first-order valence-electron chi connectivity index (χ1n) is 8.03. The third-order valence-electron chi connectivity index (χ3n) is 4.04. The average molecular weight is 312 g/mol. The minimum atomic E-state index is -0.152. The molecule has 1 atom stereocenters. The Labute approximate surface area is 137 Å². The molecule has 1 unspecified atom stereocenters. The van der Waals surface area contributed by atoms with Crippen molar-refractivity contribution in [2.75, 3.05) is 6.54 Å². The lowest BCUT2D eigenvalue weighted by Gasteiger charge is -2.17. The van der Waals surface area contributed by atoms with E-state index in [-0.39, 0.29) is 24.3 Å². The van der Waals surface area contributed by atoms with E-state index in [9.17, 15) is 9.59 Å². The van der Waals surface area contributed by atoms with E-state index in [1.165, 1.54) is 0 Å². The SMILES string of the molecule is CC(C)C(C)NC(=O)CCNC(=O)c1ccc2ccccc2c1. The number of amides is 2. The van der Waals surface area contributed by atoms with E-state index in [1.807, 2.05) is 43.3 Å². The van der Waals surface area contributed by atoms with Crippen molar-refractivity contribution < 1.29 is 9.59 Å². The van der Waals surface area contributed by atoms with Gasteiger partial charge in [0.25, 0.3) is 5.91 Å². The highest BCUT2D eigenvalue weighted by molar-refractivity contribution is 5.98. The van der Waals surface area contributed by atoms with Gasteiger partial charge >= 0.3 is 0 Å². The Balaban J connectivity index is 1.85. The monoisotopic (exact) mass is 312 g/mol. The van der Waals surface area contributed by atoms with Crippen molar-refractivity contribution in [1.29, 1.82) is 0 Å². The standard InChI is InChI=1S/C19H24N2O2/c1-13(2)14(3)21-18(22)10-11-20-19(23)17-9-8-15-6-4-5-7-16(15)12-17/h4-9,12-14H,10-11H2,1-3H3,(H,20,23)(H,21,22). The molecule has 0 saturated carbocycles. The second-order valence-corrected chi connectivity index (χ2v) is 6.17. The number of hydrogen-bond acceptors (Lipinski definition) is 2. The average Bonchev–Trinajstić information content (AvgIpc) is 2.54. The molecule has 0 bridgehead atoms. The third-order valence-corrected chi connectivity index (χ3v) is 4.04. The van der Waals surface area contributed by atoms with Crippen molar-refractivity contribution in [3.63, 3.8) is 0 Å². The summed E-state index contributed by atoms with van der Waals surface area (Å²) in [5, 5.41) is 7.86. The zero-order chi connectivity index (χ0) is 16.8. The predicted molar refractivity (Wildman–Crippen MR) is 93.3 cm³/mol. The van der Waals surface area contributed by atoms with E-state index in [4.69, 9.17) is 0 Å². The number of fused-ring (bicyclic) bond motifs is 1. The number of hydrogen-bond donors (Lipinski definition) is 2. The summed E-state index contributed by atoms with van der Waals surface area (Å²) in [6, 6.07) is 13.7. The first-order valence-corrected chi connectivity index (χ1v) is 8.03. The summed E-state index contributed by atoms with van der Waals surface area (Å²) in [5.74, 6) is 0.205. The molecule has 0 radical (unpaired) electrons. The number of benzene rings is 2. The van der Waals surface area contributed by atoms with Crippen LogP contribution < -0.4 is 10.6 Å². The maximum atomic E-state index is 12.2. The van der Waals surface area contributed by atoms with Gasteiger partial charge in [-0.25, -0.2) is 0 Å². The lowest BCUT2D eigenvalue weighted by Crippen LogP contribution is -2.38. The van der Waals surface area contributed by atoms with Gasteiger partial charge in [-0.2, -0.15) is 0 Å². The third kappa shape index (κ3) is 4.81. The van der Waals surface area contributed by atoms with Gasteiger partial charge in [0, 0.05) is 24.6 Å². The molecule has 0 heterocycles. The van der Waals surface area contributed by atoms with Crippen LogP contribution in [0.3, 0.4) is 0 Å². The second kappa shape index (κ2) is 7.77. The van der Waals surface area contributed by atoms with Crippen LogP contribution in [0.25, 0.3) is 10.8 Å².